The van der Waals surface area contributed by atoms with E-state index in [0.717, 1.165) is 74.0 Å². The number of hydrogen-bond donors (Lipinski definition) is 1. The van der Waals surface area contributed by atoms with E-state index in [1.807, 2.05) is 21.0 Å². The molecule has 0 radical (unpaired) electrons. The maximum atomic E-state index is 12.3. The fourth-order valence-corrected chi connectivity index (χ4v) is 4.08. The lowest BCUT2D eigenvalue weighted by Crippen LogP contribution is -2.37. The highest BCUT2D eigenvalue weighted by atomic mass is 16.5. The van der Waals surface area contributed by atoms with Gasteiger partial charge in [-0.25, -0.2) is 0 Å². The Morgan fingerprint density at radius 3 is 2.29 bits per heavy atom. The summed E-state index contributed by atoms with van der Waals surface area (Å²) in [6.45, 7) is 9.65. The first-order chi connectivity index (χ1) is 13.4. The number of morpholine rings is 1. The summed E-state index contributed by atoms with van der Waals surface area (Å²) in [5, 5.41) is 0. The lowest BCUT2D eigenvalue weighted by molar-refractivity contribution is 0.0369. The van der Waals surface area contributed by atoms with Crippen molar-refractivity contribution in [1.82, 2.24) is 9.47 Å². The molecule has 2 aromatic rings. The van der Waals surface area contributed by atoms with Crippen molar-refractivity contribution >= 4 is 11.6 Å². The maximum Gasteiger partial charge on any atom is 0.251 e. The van der Waals surface area contributed by atoms with Crippen LogP contribution in [0, 0.1) is 13.8 Å². The molecule has 6 heteroatoms. The zero-order valence-corrected chi connectivity index (χ0v) is 17.5. The van der Waals surface area contributed by atoms with Gasteiger partial charge < -0.3 is 19.9 Å². The van der Waals surface area contributed by atoms with Crippen molar-refractivity contribution in [2.24, 2.45) is 5.73 Å². The maximum absolute atomic E-state index is 12.3. The van der Waals surface area contributed by atoms with Gasteiger partial charge in [0.15, 0.2) is 0 Å². The van der Waals surface area contributed by atoms with Gasteiger partial charge in [-0.3, -0.25) is 9.69 Å². The summed E-state index contributed by atoms with van der Waals surface area (Å²) in [4.78, 5) is 16.8. The molecule has 1 aromatic heterocycles. The number of anilines is 1. The molecule has 152 valence electrons. The van der Waals surface area contributed by atoms with Crippen LogP contribution in [0.3, 0.4) is 0 Å². The van der Waals surface area contributed by atoms with Crippen LogP contribution in [0.4, 0.5) is 5.69 Å². The molecule has 0 bridgehead atoms. The molecule has 1 aromatic carbocycles. The number of rotatable bonds is 7. The first-order valence-electron chi connectivity index (χ1n) is 9.97. The number of carbonyl (C=O) groups is 1. The fraction of sp³-hybridized carbons (Fsp3) is 0.500. The molecule has 0 saturated carbocycles. The van der Waals surface area contributed by atoms with Gasteiger partial charge in [0.2, 0.25) is 0 Å². The van der Waals surface area contributed by atoms with Gasteiger partial charge in [0.25, 0.3) is 5.91 Å². The molecular weight excluding hydrogens is 352 g/mol. The number of ether oxygens (including phenoxy) is 1. The van der Waals surface area contributed by atoms with Gasteiger partial charge in [-0.2, -0.15) is 0 Å². The van der Waals surface area contributed by atoms with Crippen molar-refractivity contribution in [2.75, 3.05) is 51.8 Å². The Labute approximate surface area is 167 Å². The highest BCUT2D eigenvalue weighted by Gasteiger charge is 2.22. The number of primary amides is 1. The third-order valence-electron chi connectivity index (χ3n) is 5.66. The second-order valence-corrected chi connectivity index (χ2v) is 7.69. The Morgan fingerprint density at radius 1 is 1.07 bits per heavy atom. The molecule has 6 nitrogen and oxygen atoms in total. The molecule has 1 aliphatic heterocycles. The van der Waals surface area contributed by atoms with Crippen LogP contribution in [-0.4, -0.2) is 62.3 Å². The average molecular weight is 385 g/mol. The zero-order valence-electron chi connectivity index (χ0n) is 17.5. The van der Waals surface area contributed by atoms with Crippen LogP contribution >= 0.6 is 0 Å². The van der Waals surface area contributed by atoms with Crippen molar-refractivity contribution in [3.05, 3.63) is 41.2 Å². The van der Waals surface area contributed by atoms with Gasteiger partial charge in [-0.05, 0) is 38.0 Å². The molecule has 1 amide bonds. The molecule has 0 aliphatic carbocycles. The molecule has 28 heavy (non-hydrogen) atoms. The molecule has 3 rings (SSSR count). The Hall–Kier alpha value is -2.31. The van der Waals surface area contributed by atoms with E-state index >= 15 is 0 Å². The van der Waals surface area contributed by atoms with Gasteiger partial charge in [-0.1, -0.05) is 12.1 Å². The van der Waals surface area contributed by atoms with Crippen LogP contribution < -0.4 is 10.6 Å². The van der Waals surface area contributed by atoms with Crippen LogP contribution in [0.15, 0.2) is 24.3 Å². The van der Waals surface area contributed by atoms with E-state index < -0.39 is 0 Å². The summed E-state index contributed by atoms with van der Waals surface area (Å²) in [6.07, 6.45) is 1.04. The largest absolute Gasteiger partial charge is 0.379 e. The quantitative estimate of drug-likeness (QED) is 0.797. The van der Waals surface area contributed by atoms with Crippen molar-refractivity contribution in [3.8, 4) is 11.1 Å². The lowest BCUT2D eigenvalue weighted by atomic mass is 10.00. The number of hydrogen-bond acceptors (Lipinski definition) is 4. The number of benzene rings is 1. The summed E-state index contributed by atoms with van der Waals surface area (Å²) < 4.78 is 7.66. The van der Waals surface area contributed by atoms with E-state index in [0.29, 0.717) is 5.56 Å². The molecule has 1 saturated heterocycles. The lowest BCUT2D eigenvalue weighted by Gasteiger charge is -2.26. The Morgan fingerprint density at radius 2 is 1.71 bits per heavy atom. The number of nitrogens with two attached hydrogens (primary N) is 1. The minimum atomic E-state index is -0.362. The molecule has 0 atom stereocenters. The summed E-state index contributed by atoms with van der Waals surface area (Å²) in [5.41, 5.74) is 11.6. The molecule has 1 fully saturated rings. The highest BCUT2D eigenvalue weighted by molar-refractivity contribution is 6.02. The van der Waals surface area contributed by atoms with Gasteiger partial charge in [0.05, 0.1) is 18.8 Å². The number of aromatic nitrogens is 1. The van der Waals surface area contributed by atoms with Crippen molar-refractivity contribution in [3.63, 3.8) is 0 Å². The van der Waals surface area contributed by atoms with Crippen LogP contribution in [-0.2, 0) is 11.3 Å². The first kappa shape index (κ1) is 20.4. The van der Waals surface area contributed by atoms with Crippen LogP contribution in [0.1, 0.15) is 28.2 Å². The molecule has 1 aliphatic rings. The standard InChI is InChI=1S/C22H32N4O2/c1-16-20(18-6-8-19(9-7-18)24(3)4)21(22(23)27)17(2)26(16)11-5-10-25-12-14-28-15-13-25/h6-9H,5,10-15H2,1-4H3,(H2,23,27). The monoisotopic (exact) mass is 384 g/mol. The van der Waals surface area contributed by atoms with Crippen molar-refractivity contribution in [1.29, 1.82) is 0 Å². The van der Waals surface area contributed by atoms with Crippen molar-refractivity contribution in [2.45, 2.75) is 26.8 Å². The molecule has 2 heterocycles. The summed E-state index contributed by atoms with van der Waals surface area (Å²) >= 11 is 0. The Balaban J connectivity index is 1.85. The molecular formula is C22H32N4O2. The summed E-state index contributed by atoms with van der Waals surface area (Å²) in [6, 6.07) is 8.29. The normalized spacial score (nSPS) is 15.0. The van der Waals surface area contributed by atoms with Crippen molar-refractivity contribution < 1.29 is 9.53 Å². The van der Waals surface area contributed by atoms with Gasteiger partial charge >= 0.3 is 0 Å². The predicted octanol–water partition coefficient (Wildman–Crippen LogP) is 2.66. The summed E-state index contributed by atoms with van der Waals surface area (Å²) in [5.74, 6) is -0.362. The van der Waals surface area contributed by atoms with Gasteiger partial charge in [0.1, 0.15) is 0 Å². The number of amides is 1. The zero-order chi connectivity index (χ0) is 20.3. The van der Waals surface area contributed by atoms with Gasteiger partial charge in [0, 0.05) is 62.9 Å². The third-order valence-corrected chi connectivity index (χ3v) is 5.66. The minimum absolute atomic E-state index is 0.362. The molecule has 0 spiro atoms. The van der Waals surface area contributed by atoms with E-state index in [1.54, 1.807) is 0 Å². The number of carbonyl (C=O) groups excluding carboxylic acids is 1. The second-order valence-electron chi connectivity index (χ2n) is 7.69. The van der Waals surface area contributed by atoms with E-state index in [2.05, 4.69) is 45.6 Å². The van der Waals surface area contributed by atoms with Crippen LogP contribution in [0.2, 0.25) is 0 Å². The van der Waals surface area contributed by atoms with Gasteiger partial charge in [-0.15, -0.1) is 0 Å². The van der Waals surface area contributed by atoms with Crippen LogP contribution in [0.25, 0.3) is 11.1 Å². The van der Waals surface area contributed by atoms with E-state index in [4.69, 9.17) is 10.5 Å². The average Bonchev–Trinajstić information content (AvgIpc) is 2.93. The highest BCUT2D eigenvalue weighted by Crippen LogP contribution is 2.33. The topological polar surface area (TPSA) is 63.7 Å². The Bertz CT molecular complexity index is 818. The third kappa shape index (κ3) is 4.23. The fourth-order valence-electron chi connectivity index (χ4n) is 4.08. The SMILES string of the molecule is Cc1c(C(N)=O)c(-c2ccc(N(C)C)cc2)c(C)n1CCCN1CCOCC1. The smallest absolute Gasteiger partial charge is 0.251 e. The van der Waals surface area contributed by atoms with E-state index in [-0.39, 0.29) is 5.91 Å². The second kappa shape index (κ2) is 8.80. The van der Waals surface area contributed by atoms with E-state index in [1.165, 1.54) is 0 Å². The first-order valence-corrected chi connectivity index (χ1v) is 9.97. The van der Waals surface area contributed by atoms with Crippen LogP contribution in [0.5, 0.6) is 0 Å². The summed E-state index contributed by atoms with van der Waals surface area (Å²) in [7, 11) is 4.04. The predicted molar refractivity (Wildman–Crippen MR) is 114 cm³/mol. The molecule has 0 unspecified atom stereocenters. The number of nitrogens with zero attached hydrogens (tertiary/aromatic N) is 3. The minimum Gasteiger partial charge on any atom is -0.379 e. The van der Waals surface area contributed by atoms with E-state index in [9.17, 15) is 4.79 Å². The molecule has 2 N–H and O–H groups in total. The Kier molecular flexibility index (Phi) is 6.42.